The lowest BCUT2D eigenvalue weighted by molar-refractivity contribution is -0.274. The number of aliphatic hydroxyl groups is 1. The van der Waals surface area contributed by atoms with E-state index in [1.807, 2.05) is 0 Å². The number of likely N-dealkylation sites (tertiary alicyclic amines) is 1. The highest BCUT2D eigenvalue weighted by Gasteiger charge is 2.65. The Balaban J connectivity index is 2.73. The zero-order valence-corrected chi connectivity index (χ0v) is 8.97. The van der Waals surface area contributed by atoms with Gasteiger partial charge >= 0.3 is 18.0 Å². The number of rotatable bonds is 2. The Kier molecular flexibility index (Phi) is 3.66. The first kappa shape index (κ1) is 14.1. The van der Waals surface area contributed by atoms with Gasteiger partial charge in [0.1, 0.15) is 0 Å². The fourth-order valence-electron chi connectivity index (χ4n) is 1.69. The zero-order valence-electron chi connectivity index (χ0n) is 8.97. The first-order chi connectivity index (χ1) is 7.57. The summed E-state index contributed by atoms with van der Waals surface area (Å²) in [6, 6.07) is 0. The van der Waals surface area contributed by atoms with Crippen LogP contribution in [-0.4, -0.2) is 47.2 Å². The highest BCUT2D eigenvalue weighted by atomic mass is 19.4. The fraction of sp³-hybridized carbons (Fsp3) is 0.889. The molecule has 1 amide bonds. The number of nitrogens with zero attached hydrogens (tertiary/aromatic N) is 1. The van der Waals surface area contributed by atoms with Gasteiger partial charge < -0.3 is 10.0 Å². The van der Waals surface area contributed by atoms with E-state index in [-0.39, 0.29) is 19.5 Å². The van der Waals surface area contributed by atoms with Crippen LogP contribution in [0.3, 0.4) is 0 Å². The summed E-state index contributed by atoms with van der Waals surface area (Å²) < 4.78 is 61.3. The van der Waals surface area contributed by atoms with Gasteiger partial charge in [-0.05, 0) is 13.3 Å². The lowest BCUT2D eigenvalue weighted by Crippen LogP contribution is -2.51. The van der Waals surface area contributed by atoms with E-state index < -0.39 is 30.0 Å². The van der Waals surface area contributed by atoms with Gasteiger partial charge in [-0.1, -0.05) is 0 Å². The van der Waals surface area contributed by atoms with Crippen LogP contribution in [0.5, 0.6) is 0 Å². The van der Waals surface area contributed by atoms with Crippen molar-refractivity contribution in [1.29, 1.82) is 0 Å². The van der Waals surface area contributed by atoms with Gasteiger partial charge in [-0.2, -0.15) is 22.0 Å². The van der Waals surface area contributed by atoms with Crippen LogP contribution in [0.25, 0.3) is 0 Å². The van der Waals surface area contributed by atoms with Gasteiger partial charge in [0.2, 0.25) is 0 Å². The summed E-state index contributed by atoms with van der Waals surface area (Å²) in [5.41, 5.74) is 0. The van der Waals surface area contributed by atoms with Crippen LogP contribution in [0.2, 0.25) is 0 Å². The van der Waals surface area contributed by atoms with E-state index in [1.54, 1.807) is 0 Å². The SMILES string of the molecule is CC(O)C1CCN(C(=O)C(F)(F)C(F)(F)F)C1. The van der Waals surface area contributed by atoms with Crippen molar-refractivity contribution in [2.24, 2.45) is 5.92 Å². The number of carbonyl (C=O) groups excluding carboxylic acids is 1. The summed E-state index contributed by atoms with van der Waals surface area (Å²) in [7, 11) is 0. The van der Waals surface area contributed by atoms with Crippen LogP contribution in [0, 0.1) is 5.92 Å². The van der Waals surface area contributed by atoms with Crippen LogP contribution in [0.1, 0.15) is 13.3 Å². The standard InChI is InChI=1S/C9H12F5NO2/c1-5(16)6-2-3-15(4-6)7(17)8(10,11)9(12,13)14/h5-6,16H,2-4H2,1H3. The molecule has 0 aromatic rings. The Hall–Kier alpha value is -0.920. The molecule has 0 aliphatic carbocycles. The van der Waals surface area contributed by atoms with E-state index in [0.717, 1.165) is 0 Å². The van der Waals surface area contributed by atoms with Crippen molar-refractivity contribution in [2.75, 3.05) is 13.1 Å². The summed E-state index contributed by atoms with van der Waals surface area (Å²) in [5, 5.41) is 9.17. The average Bonchev–Trinajstić information content (AvgIpc) is 2.63. The van der Waals surface area contributed by atoms with Crippen LogP contribution < -0.4 is 0 Å². The van der Waals surface area contributed by atoms with Crippen molar-refractivity contribution in [3.63, 3.8) is 0 Å². The lowest BCUT2D eigenvalue weighted by Gasteiger charge is -2.24. The van der Waals surface area contributed by atoms with Gasteiger partial charge in [-0.25, -0.2) is 0 Å². The number of carbonyl (C=O) groups is 1. The second-order valence-corrected chi connectivity index (χ2v) is 4.11. The van der Waals surface area contributed by atoms with Crippen LogP contribution in [0.15, 0.2) is 0 Å². The molecule has 1 N–H and O–H groups in total. The van der Waals surface area contributed by atoms with E-state index in [0.29, 0.717) is 4.90 Å². The third kappa shape index (κ3) is 2.67. The number of alkyl halides is 5. The summed E-state index contributed by atoms with van der Waals surface area (Å²) in [6.07, 6.45) is -6.50. The second kappa shape index (κ2) is 4.40. The molecule has 0 spiro atoms. The molecule has 0 aromatic heterocycles. The third-order valence-electron chi connectivity index (χ3n) is 2.82. The normalized spacial score (nSPS) is 23.9. The maximum absolute atomic E-state index is 12.7. The summed E-state index contributed by atoms with van der Waals surface area (Å²) >= 11 is 0. The van der Waals surface area contributed by atoms with E-state index >= 15 is 0 Å². The smallest absolute Gasteiger partial charge is 0.393 e. The molecule has 100 valence electrons. The average molecular weight is 261 g/mol. The molecule has 2 unspecified atom stereocenters. The van der Waals surface area contributed by atoms with E-state index in [2.05, 4.69) is 0 Å². The Morgan fingerprint density at radius 2 is 1.88 bits per heavy atom. The molecule has 17 heavy (non-hydrogen) atoms. The molecule has 0 aromatic carbocycles. The summed E-state index contributed by atoms with van der Waals surface area (Å²) in [5.74, 6) is -8.06. The first-order valence-corrected chi connectivity index (χ1v) is 4.99. The minimum Gasteiger partial charge on any atom is -0.393 e. The monoisotopic (exact) mass is 261 g/mol. The third-order valence-corrected chi connectivity index (χ3v) is 2.82. The maximum atomic E-state index is 12.7. The largest absolute Gasteiger partial charge is 0.463 e. The topological polar surface area (TPSA) is 40.5 Å². The highest BCUT2D eigenvalue weighted by molar-refractivity contribution is 5.84. The Labute approximate surface area is 94.2 Å². The molecule has 1 fully saturated rings. The highest BCUT2D eigenvalue weighted by Crippen LogP contribution is 2.38. The predicted molar refractivity (Wildman–Crippen MR) is 47.4 cm³/mol. The molecule has 1 aliphatic heterocycles. The van der Waals surface area contributed by atoms with Crippen LogP contribution in [-0.2, 0) is 4.79 Å². The Bertz CT molecular complexity index is 302. The lowest BCUT2D eigenvalue weighted by atomic mass is 10.0. The first-order valence-electron chi connectivity index (χ1n) is 4.99. The molecular formula is C9H12F5NO2. The molecule has 1 rings (SSSR count). The number of aliphatic hydroxyl groups excluding tert-OH is 1. The molecule has 0 bridgehead atoms. The zero-order chi connectivity index (χ0) is 13.4. The Morgan fingerprint density at radius 1 is 1.35 bits per heavy atom. The number of hydrogen-bond acceptors (Lipinski definition) is 2. The van der Waals surface area contributed by atoms with Gasteiger partial charge in [0.15, 0.2) is 0 Å². The van der Waals surface area contributed by atoms with Gasteiger partial charge in [0.05, 0.1) is 6.10 Å². The predicted octanol–water partition coefficient (Wildman–Crippen LogP) is 1.41. The van der Waals surface area contributed by atoms with Gasteiger partial charge in [-0.15, -0.1) is 0 Å². The minimum atomic E-state index is -5.88. The molecule has 8 heteroatoms. The molecule has 0 radical (unpaired) electrons. The van der Waals surface area contributed by atoms with Crippen LogP contribution in [0.4, 0.5) is 22.0 Å². The van der Waals surface area contributed by atoms with Gasteiger partial charge in [0.25, 0.3) is 0 Å². The Morgan fingerprint density at radius 3 is 2.24 bits per heavy atom. The van der Waals surface area contributed by atoms with Crippen LogP contribution >= 0.6 is 0 Å². The fourth-order valence-corrected chi connectivity index (χ4v) is 1.69. The molecule has 0 saturated carbocycles. The minimum absolute atomic E-state index is 0.194. The summed E-state index contributed by atoms with van der Waals surface area (Å²) in [6.45, 7) is 0.933. The van der Waals surface area contributed by atoms with Crippen molar-refractivity contribution in [3.8, 4) is 0 Å². The van der Waals surface area contributed by atoms with E-state index in [4.69, 9.17) is 5.11 Å². The maximum Gasteiger partial charge on any atom is 0.463 e. The van der Waals surface area contributed by atoms with Crippen molar-refractivity contribution in [3.05, 3.63) is 0 Å². The second-order valence-electron chi connectivity index (χ2n) is 4.11. The van der Waals surface area contributed by atoms with E-state index in [1.165, 1.54) is 6.92 Å². The molecule has 1 saturated heterocycles. The molecule has 1 aliphatic rings. The van der Waals surface area contributed by atoms with Crippen molar-refractivity contribution in [2.45, 2.75) is 31.5 Å². The number of halogens is 5. The molecular weight excluding hydrogens is 249 g/mol. The van der Waals surface area contributed by atoms with E-state index in [9.17, 15) is 26.7 Å². The summed E-state index contributed by atoms with van der Waals surface area (Å²) in [4.78, 5) is 11.5. The van der Waals surface area contributed by atoms with Gasteiger partial charge in [0, 0.05) is 19.0 Å². The van der Waals surface area contributed by atoms with Crippen molar-refractivity contribution in [1.82, 2.24) is 4.90 Å². The molecule has 3 nitrogen and oxygen atoms in total. The van der Waals surface area contributed by atoms with Gasteiger partial charge in [-0.3, -0.25) is 4.79 Å². The number of amides is 1. The quantitative estimate of drug-likeness (QED) is 0.763. The number of hydrogen-bond donors (Lipinski definition) is 1. The van der Waals surface area contributed by atoms with Crippen molar-refractivity contribution >= 4 is 5.91 Å². The van der Waals surface area contributed by atoms with Crippen molar-refractivity contribution < 1.29 is 31.9 Å². The molecule has 2 atom stereocenters. The molecule has 1 heterocycles.